The van der Waals surface area contributed by atoms with Crippen molar-refractivity contribution in [3.8, 4) is 11.4 Å². The Bertz CT molecular complexity index is 1100. The van der Waals surface area contributed by atoms with E-state index in [0.29, 0.717) is 48.6 Å². The summed E-state index contributed by atoms with van der Waals surface area (Å²) in [4.78, 5) is 32.8. The monoisotopic (exact) mass is 453 g/mol. The number of nitrogens with zero attached hydrogens (tertiary/aromatic N) is 2. The summed E-state index contributed by atoms with van der Waals surface area (Å²) in [5.41, 5.74) is 2.16. The molecule has 0 saturated heterocycles. The lowest BCUT2D eigenvalue weighted by Gasteiger charge is -2.19. The number of benzene rings is 1. The predicted molar refractivity (Wildman–Crippen MR) is 124 cm³/mol. The quantitative estimate of drug-likeness (QED) is 0.335. The molecule has 3 rings (SSSR count). The molecule has 0 atom stereocenters. The molecule has 2 heterocycles. The number of ether oxygens (including phenoxy) is 2. The van der Waals surface area contributed by atoms with Crippen LogP contribution in [-0.4, -0.2) is 51.4 Å². The summed E-state index contributed by atoms with van der Waals surface area (Å²) in [6, 6.07) is 9.78. The number of aromatic nitrogens is 4. The average Bonchev–Trinajstić information content (AvgIpc) is 3.40. The molecule has 0 saturated carbocycles. The fraction of sp³-hybridized carbons (Fsp3) is 0.417. The molecule has 3 aromatic rings. The van der Waals surface area contributed by atoms with Gasteiger partial charge in [0.05, 0.1) is 12.7 Å². The summed E-state index contributed by atoms with van der Waals surface area (Å²) in [5, 5.41) is 10.5. The van der Waals surface area contributed by atoms with Crippen molar-refractivity contribution in [1.82, 2.24) is 25.5 Å². The average molecular weight is 454 g/mol. The molecule has 9 heteroatoms. The molecule has 0 fully saturated rings. The van der Waals surface area contributed by atoms with Crippen LogP contribution in [0.5, 0.6) is 0 Å². The zero-order chi connectivity index (χ0) is 24.0. The van der Waals surface area contributed by atoms with Gasteiger partial charge >= 0.3 is 11.9 Å². The molecule has 2 aromatic heterocycles. The van der Waals surface area contributed by atoms with Gasteiger partial charge in [-0.2, -0.15) is 5.10 Å². The van der Waals surface area contributed by atoms with Gasteiger partial charge in [-0.1, -0.05) is 37.3 Å². The third kappa shape index (κ3) is 6.07. The Balaban J connectivity index is 1.69. The van der Waals surface area contributed by atoms with E-state index in [1.54, 1.807) is 20.8 Å². The number of rotatable bonds is 9. The van der Waals surface area contributed by atoms with Gasteiger partial charge in [0.25, 0.3) is 0 Å². The minimum Gasteiger partial charge on any atom is -0.465 e. The van der Waals surface area contributed by atoms with Gasteiger partial charge < -0.3 is 19.8 Å². The molecule has 0 spiro atoms. The Morgan fingerprint density at radius 2 is 1.85 bits per heavy atom. The normalized spacial score (nSPS) is 11.4. The van der Waals surface area contributed by atoms with Crippen LogP contribution in [0.2, 0.25) is 0 Å². The molecule has 0 aliphatic heterocycles. The number of methoxy groups -OCH3 is 1. The van der Waals surface area contributed by atoms with E-state index < -0.39 is 17.5 Å². The van der Waals surface area contributed by atoms with Crippen molar-refractivity contribution in [2.24, 2.45) is 0 Å². The number of esters is 2. The maximum Gasteiger partial charge on any atom is 0.355 e. The molecule has 0 aliphatic rings. The largest absolute Gasteiger partial charge is 0.465 e. The van der Waals surface area contributed by atoms with Gasteiger partial charge in [0, 0.05) is 30.8 Å². The van der Waals surface area contributed by atoms with Crippen molar-refractivity contribution in [2.45, 2.75) is 52.7 Å². The van der Waals surface area contributed by atoms with Crippen molar-refractivity contribution in [2.75, 3.05) is 13.7 Å². The number of carbonyl (C=O) groups excluding carboxylic acids is 2. The first-order chi connectivity index (χ1) is 15.7. The summed E-state index contributed by atoms with van der Waals surface area (Å²) in [5.74, 6) is 0.420. The van der Waals surface area contributed by atoms with Crippen LogP contribution in [0.4, 0.5) is 0 Å². The van der Waals surface area contributed by atoms with Gasteiger partial charge in [0.1, 0.15) is 11.3 Å². The van der Waals surface area contributed by atoms with E-state index in [1.165, 1.54) is 7.11 Å². The summed E-state index contributed by atoms with van der Waals surface area (Å²) >= 11 is 0. The van der Waals surface area contributed by atoms with Crippen LogP contribution in [0.25, 0.3) is 11.4 Å². The van der Waals surface area contributed by atoms with E-state index in [-0.39, 0.29) is 5.69 Å². The Morgan fingerprint density at radius 3 is 2.48 bits per heavy atom. The Kier molecular flexibility index (Phi) is 7.65. The Morgan fingerprint density at radius 1 is 1.12 bits per heavy atom. The van der Waals surface area contributed by atoms with Crippen molar-refractivity contribution in [1.29, 1.82) is 0 Å². The first-order valence-corrected chi connectivity index (χ1v) is 11.0. The van der Waals surface area contributed by atoms with Crippen LogP contribution in [0.3, 0.4) is 0 Å². The molecule has 0 aliphatic carbocycles. The summed E-state index contributed by atoms with van der Waals surface area (Å²) in [6.07, 6.45) is 1.08. The van der Waals surface area contributed by atoms with E-state index in [0.717, 1.165) is 11.4 Å². The van der Waals surface area contributed by atoms with Crippen molar-refractivity contribution >= 4 is 11.9 Å². The lowest BCUT2D eigenvalue weighted by Crippen LogP contribution is -2.24. The number of H-pyrrole nitrogens is 2. The van der Waals surface area contributed by atoms with Gasteiger partial charge in [-0.15, -0.1) is 0 Å². The lowest BCUT2D eigenvalue weighted by atomic mass is 10.1. The lowest BCUT2D eigenvalue weighted by molar-refractivity contribution is 0.00622. The van der Waals surface area contributed by atoms with Crippen LogP contribution in [0.1, 0.15) is 65.6 Å². The van der Waals surface area contributed by atoms with Gasteiger partial charge in [-0.05, 0) is 32.8 Å². The summed E-state index contributed by atoms with van der Waals surface area (Å²) < 4.78 is 10.5. The van der Waals surface area contributed by atoms with E-state index in [2.05, 4.69) is 25.5 Å². The first kappa shape index (κ1) is 24.2. The molecule has 0 radical (unpaired) electrons. The number of hydrogen-bond donors (Lipinski definition) is 3. The standard InChI is InChI=1S/C24H31N5O4/c1-6-16-19(22(30)32-5)17(26-20(16)23(31)33-24(2,3)4)14-25-13-12-18-27-21(29-28-18)15-10-8-7-9-11-15/h7-11,25-26H,6,12-14H2,1-5H3,(H,27,28,29). The van der Waals surface area contributed by atoms with Crippen molar-refractivity contribution < 1.29 is 19.1 Å². The fourth-order valence-electron chi connectivity index (χ4n) is 3.48. The number of nitrogens with one attached hydrogen (secondary N) is 3. The Labute approximate surface area is 193 Å². The Hall–Kier alpha value is -3.46. The zero-order valence-corrected chi connectivity index (χ0v) is 19.7. The summed E-state index contributed by atoms with van der Waals surface area (Å²) in [6.45, 7) is 8.21. The molecule has 0 bridgehead atoms. The van der Waals surface area contributed by atoms with E-state index >= 15 is 0 Å². The minimum absolute atomic E-state index is 0.283. The highest BCUT2D eigenvalue weighted by atomic mass is 16.6. The third-order valence-corrected chi connectivity index (χ3v) is 4.93. The van der Waals surface area contributed by atoms with Gasteiger partial charge in [0.15, 0.2) is 11.6 Å². The van der Waals surface area contributed by atoms with Crippen LogP contribution >= 0.6 is 0 Å². The van der Waals surface area contributed by atoms with E-state index in [4.69, 9.17) is 9.47 Å². The predicted octanol–water partition coefficient (Wildman–Crippen LogP) is 3.44. The maximum atomic E-state index is 12.7. The topological polar surface area (TPSA) is 122 Å². The highest BCUT2D eigenvalue weighted by Crippen LogP contribution is 2.24. The SMILES string of the molecule is CCc1c(C(=O)OC(C)(C)C)[nH]c(CNCCc2n[nH]c(-c3ccccc3)n2)c1C(=O)OC. The molecule has 33 heavy (non-hydrogen) atoms. The molecule has 0 unspecified atom stereocenters. The minimum atomic E-state index is -0.647. The summed E-state index contributed by atoms with van der Waals surface area (Å²) in [7, 11) is 1.33. The number of aromatic amines is 2. The van der Waals surface area contributed by atoms with Crippen molar-refractivity contribution in [3.05, 3.63) is 58.7 Å². The molecule has 9 nitrogen and oxygen atoms in total. The molecule has 1 aromatic carbocycles. The highest BCUT2D eigenvalue weighted by Gasteiger charge is 2.28. The van der Waals surface area contributed by atoms with E-state index in [1.807, 2.05) is 37.3 Å². The van der Waals surface area contributed by atoms with Crippen LogP contribution in [0, 0.1) is 0 Å². The molecule has 176 valence electrons. The van der Waals surface area contributed by atoms with Gasteiger partial charge in [-0.25, -0.2) is 14.6 Å². The van der Waals surface area contributed by atoms with Gasteiger partial charge in [0.2, 0.25) is 0 Å². The second-order valence-corrected chi connectivity index (χ2v) is 8.57. The molecular formula is C24H31N5O4. The van der Waals surface area contributed by atoms with Crippen molar-refractivity contribution in [3.63, 3.8) is 0 Å². The highest BCUT2D eigenvalue weighted by molar-refractivity contribution is 5.98. The maximum absolute atomic E-state index is 12.7. The third-order valence-electron chi connectivity index (χ3n) is 4.93. The van der Waals surface area contributed by atoms with Gasteiger partial charge in [-0.3, -0.25) is 5.10 Å². The molecule has 3 N–H and O–H groups in total. The second-order valence-electron chi connectivity index (χ2n) is 8.57. The van der Waals surface area contributed by atoms with E-state index in [9.17, 15) is 9.59 Å². The molecule has 0 amide bonds. The fourth-order valence-corrected chi connectivity index (χ4v) is 3.48. The molecular weight excluding hydrogens is 422 g/mol. The number of carbonyl (C=O) groups is 2. The zero-order valence-electron chi connectivity index (χ0n) is 19.7. The smallest absolute Gasteiger partial charge is 0.355 e. The number of hydrogen-bond acceptors (Lipinski definition) is 7. The first-order valence-electron chi connectivity index (χ1n) is 11.0. The van der Waals surface area contributed by atoms with Crippen LogP contribution in [-0.2, 0) is 28.9 Å². The van der Waals surface area contributed by atoms with Crippen LogP contribution in [0.15, 0.2) is 30.3 Å². The second kappa shape index (κ2) is 10.4. The van der Waals surface area contributed by atoms with Crippen LogP contribution < -0.4 is 5.32 Å².